The molecule has 0 aliphatic heterocycles. The number of methoxy groups -OCH3 is 2. The first-order chi connectivity index (χ1) is 9.69. The van der Waals surface area contributed by atoms with Crippen LogP contribution in [-0.4, -0.2) is 21.3 Å². The summed E-state index contributed by atoms with van der Waals surface area (Å²) >= 11 is 1.60. The largest absolute Gasteiger partial charge is 0.496 e. The molecule has 0 saturated carbocycles. The molecule has 2 rings (SSSR count). The highest BCUT2D eigenvalue weighted by Crippen LogP contribution is 2.30. The van der Waals surface area contributed by atoms with Crippen LogP contribution in [-0.2, 0) is 6.42 Å². The quantitative estimate of drug-likeness (QED) is 0.886. The molecule has 0 saturated heterocycles. The summed E-state index contributed by atoms with van der Waals surface area (Å²) in [5.74, 6) is 0.816. The van der Waals surface area contributed by atoms with Crippen molar-refractivity contribution in [2.75, 3.05) is 21.3 Å². The van der Waals surface area contributed by atoms with E-state index in [2.05, 4.69) is 5.32 Å². The molecule has 0 fully saturated rings. The Morgan fingerprint density at radius 1 is 1.30 bits per heavy atom. The van der Waals surface area contributed by atoms with Gasteiger partial charge in [0.1, 0.15) is 5.75 Å². The minimum Gasteiger partial charge on any atom is -0.496 e. The zero-order valence-electron chi connectivity index (χ0n) is 11.8. The Morgan fingerprint density at radius 3 is 2.70 bits per heavy atom. The number of rotatable bonds is 6. The van der Waals surface area contributed by atoms with Gasteiger partial charge in [0.05, 0.1) is 14.2 Å². The van der Waals surface area contributed by atoms with E-state index in [0.29, 0.717) is 12.0 Å². The maximum atomic E-state index is 14.2. The van der Waals surface area contributed by atoms with Crippen LogP contribution in [0, 0.1) is 5.82 Å². The van der Waals surface area contributed by atoms with Gasteiger partial charge in [-0.05, 0) is 31.2 Å². The van der Waals surface area contributed by atoms with Crippen LogP contribution in [0.1, 0.15) is 16.5 Å². The van der Waals surface area contributed by atoms with Crippen LogP contribution >= 0.6 is 11.3 Å². The molecule has 108 valence electrons. The van der Waals surface area contributed by atoms with Gasteiger partial charge in [-0.15, -0.1) is 11.3 Å². The molecule has 0 aliphatic carbocycles. The molecule has 2 aromatic rings. The second kappa shape index (κ2) is 6.72. The van der Waals surface area contributed by atoms with Gasteiger partial charge in [0, 0.05) is 16.3 Å². The summed E-state index contributed by atoms with van der Waals surface area (Å²) in [4.78, 5) is 1.12. The maximum Gasteiger partial charge on any atom is 0.168 e. The fourth-order valence-corrected chi connectivity index (χ4v) is 3.03. The van der Waals surface area contributed by atoms with Gasteiger partial charge in [-0.3, -0.25) is 0 Å². The Hall–Kier alpha value is -1.59. The molecular formula is C15H18FNO2S. The van der Waals surface area contributed by atoms with Crippen molar-refractivity contribution in [3.63, 3.8) is 0 Å². The van der Waals surface area contributed by atoms with Crippen molar-refractivity contribution < 1.29 is 13.9 Å². The highest BCUT2D eigenvalue weighted by atomic mass is 32.1. The third kappa shape index (κ3) is 3.11. The van der Waals surface area contributed by atoms with E-state index in [-0.39, 0.29) is 17.6 Å². The molecule has 0 amide bonds. The molecule has 0 aliphatic rings. The number of halogens is 1. The van der Waals surface area contributed by atoms with Gasteiger partial charge >= 0.3 is 0 Å². The molecule has 3 nitrogen and oxygen atoms in total. The fourth-order valence-electron chi connectivity index (χ4n) is 2.06. The molecule has 1 aromatic heterocycles. The number of benzene rings is 1. The maximum absolute atomic E-state index is 14.2. The first-order valence-corrected chi connectivity index (χ1v) is 7.18. The average Bonchev–Trinajstić information content (AvgIpc) is 2.95. The highest BCUT2D eigenvalue weighted by molar-refractivity contribution is 7.10. The normalized spacial score (nSPS) is 12.2. The second-order valence-electron chi connectivity index (χ2n) is 4.37. The lowest BCUT2D eigenvalue weighted by molar-refractivity contribution is 0.383. The minimum absolute atomic E-state index is 0.0468. The third-order valence-electron chi connectivity index (χ3n) is 3.21. The van der Waals surface area contributed by atoms with Gasteiger partial charge in [-0.1, -0.05) is 12.1 Å². The van der Waals surface area contributed by atoms with E-state index < -0.39 is 0 Å². The van der Waals surface area contributed by atoms with E-state index in [1.165, 1.54) is 7.11 Å². The van der Waals surface area contributed by atoms with Crippen LogP contribution in [0.15, 0.2) is 29.6 Å². The van der Waals surface area contributed by atoms with E-state index >= 15 is 0 Å². The Labute approximate surface area is 122 Å². The Balaban J connectivity index is 2.22. The molecule has 0 bridgehead atoms. The summed E-state index contributed by atoms with van der Waals surface area (Å²) < 4.78 is 24.4. The van der Waals surface area contributed by atoms with Crippen molar-refractivity contribution in [3.8, 4) is 11.5 Å². The smallest absolute Gasteiger partial charge is 0.168 e. The summed E-state index contributed by atoms with van der Waals surface area (Å²) in [7, 11) is 4.98. The number of hydrogen-bond acceptors (Lipinski definition) is 4. The molecular weight excluding hydrogens is 277 g/mol. The van der Waals surface area contributed by atoms with Gasteiger partial charge in [-0.25, -0.2) is 4.39 Å². The molecule has 1 atom stereocenters. The van der Waals surface area contributed by atoms with E-state index in [0.717, 1.165) is 10.6 Å². The first-order valence-electron chi connectivity index (χ1n) is 6.30. The van der Waals surface area contributed by atoms with Crippen LogP contribution in [0.2, 0.25) is 0 Å². The Morgan fingerprint density at radius 2 is 2.10 bits per heavy atom. The van der Waals surface area contributed by atoms with Crippen molar-refractivity contribution in [3.05, 3.63) is 45.9 Å². The number of ether oxygens (including phenoxy) is 2. The van der Waals surface area contributed by atoms with E-state index in [1.807, 2.05) is 18.5 Å². The Kier molecular flexibility index (Phi) is 4.98. The monoisotopic (exact) mass is 295 g/mol. The van der Waals surface area contributed by atoms with Crippen LogP contribution in [0.5, 0.6) is 11.5 Å². The summed E-state index contributed by atoms with van der Waals surface area (Å²) in [5.41, 5.74) is 0.635. The standard InChI is InChI=1S/C15H18FNO2S/c1-17-12(14-8-11(18-2)9-20-14)7-10-5-4-6-13(19-3)15(10)16/h4-6,8-9,12,17H,7H2,1-3H3. The summed E-state index contributed by atoms with van der Waals surface area (Å²) in [6, 6.07) is 7.24. The zero-order chi connectivity index (χ0) is 14.5. The minimum atomic E-state index is -0.293. The Bertz CT molecular complexity index is 571. The SMILES string of the molecule is CNC(Cc1cccc(OC)c1F)c1cc(OC)cs1. The van der Waals surface area contributed by atoms with Crippen molar-refractivity contribution in [2.24, 2.45) is 0 Å². The lowest BCUT2D eigenvalue weighted by Gasteiger charge is -2.15. The average molecular weight is 295 g/mol. The number of nitrogens with one attached hydrogen (secondary N) is 1. The van der Waals surface area contributed by atoms with Crippen molar-refractivity contribution in [1.29, 1.82) is 0 Å². The van der Waals surface area contributed by atoms with Gasteiger partial charge in [0.2, 0.25) is 0 Å². The van der Waals surface area contributed by atoms with E-state index in [1.54, 1.807) is 36.6 Å². The van der Waals surface area contributed by atoms with Gasteiger partial charge in [0.25, 0.3) is 0 Å². The van der Waals surface area contributed by atoms with Gasteiger partial charge in [0.15, 0.2) is 11.6 Å². The number of thiophene rings is 1. The van der Waals surface area contributed by atoms with Crippen LogP contribution in [0.3, 0.4) is 0 Å². The van der Waals surface area contributed by atoms with E-state index in [4.69, 9.17) is 9.47 Å². The molecule has 1 aromatic carbocycles. The van der Waals surface area contributed by atoms with Crippen molar-refractivity contribution in [2.45, 2.75) is 12.5 Å². The summed E-state index contributed by atoms with van der Waals surface area (Å²) in [5, 5.41) is 5.16. The van der Waals surface area contributed by atoms with Gasteiger partial charge < -0.3 is 14.8 Å². The second-order valence-corrected chi connectivity index (χ2v) is 5.31. The van der Waals surface area contributed by atoms with Crippen molar-refractivity contribution >= 4 is 11.3 Å². The van der Waals surface area contributed by atoms with Crippen LogP contribution in [0.25, 0.3) is 0 Å². The molecule has 5 heteroatoms. The molecule has 0 spiro atoms. The summed E-state index contributed by atoms with van der Waals surface area (Å²) in [6.07, 6.45) is 0.559. The zero-order valence-corrected chi connectivity index (χ0v) is 12.6. The summed E-state index contributed by atoms with van der Waals surface area (Å²) in [6.45, 7) is 0. The fraction of sp³-hybridized carbons (Fsp3) is 0.333. The lowest BCUT2D eigenvalue weighted by atomic mass is 10.0. The predicted molar refractivity (Wildman–Crippen MR) is 79.3 cm³/mol. The molecule has 0 radical (unpaired) electrons. The molecule has 1 N–H and O–H groups in total. The first kappa shape index (κ1) is 14.8. The molecule has 1 heterocycles. The molecule has 20 heavy (non-hydrogen) atoms. The van der Waals surface area contributed by atoms with Crippen molar-refractivity contribution in [1.82, 2.24) is 5.32 Å². The lowest BCUT2D eigenvalue weighted by Crippen LogP contribution is -2.18. The van der Waals surface area contributed by atoms with Gasteiger partial charge in [-0.2, -0.15) is 0 Å². The van der Waals surface area contributed by atoms with E-state index in [9.17, 15) is 4.39 Å². The van der Waals surface area contributed by atoms with Crippen LogP contribution in [0.4, 0.5) is 4.39 Å². The number of hydrogen-bond donors (Lipinski definition) is 1. The third-order valence-corrected chi connectivity index (χ3v) is 4.24. The highest BCUT2D eigenvalue weighted by Gasteiger charge is 2.17. The topological polar surface area (TPSA) is 30.5 Å². The molecule has 1 unspecified atom stereocenters. The number of likely N-dealkylation sites (N-methyl/N-ethyl adjacent to an activating group) is 1. The predicted octanol–water partition coefficient (Wildman–Crippen LogP) is 3.41. The van der Waals surface area contributed by atoms with Crippen LogP contribution < -0.4 is 14.8 Å².